The maximum Gasteiger partial charge on any atom is 0.338 e. The molecule has 0 atom stereocenters. The molecule has 0 aliphatic heterocycles. The average molecular weight is 309 g/mol. The van der Waals surface area contributed by atoms with Crippen molar-refractivity contribution in [2.24, 2.45) is 0 Å². The molecule has 116 valence electrons. The van der Waals surface area contributed by atoms with Crippen LogP contribution in [0, 0.1) is 0 Å². The monoisotopic (exact) mass is 309 g/mol. The van der Waals surface area contributed by atoms with E-state index < -0.39 is 5.97 Å². The van der Waals surface area contributed by atoms with Gasteiger partial charge in [-0.1, -0.05) is 35.5 Å². The summed E-state index contributed by atoms with van der Waals surface area (Å²) in [6, 6.07) is 18.1. The molecule has 0 radical (unpaired) electrons. The summed E-state index contributed by atoms with van der Waals surface area (Å²) in [6.07, 6.45) is 0. The minimum atomic E-state index is -0.420. The summed E-state index contributed by atoms with van der Waals surface area (Å²) in [5.74, 6) is 0.906. The van der Waals surface area contributed by atoms with Crippen molar-refractivity contribution in [2.75, 3.05) is 7.11 Å². The number of nitrogens with zero attached hydrogens (tertiary/aromatic N) is 1. The molecule has 2 aromatic carbocycles. The number of hydrogen-bond acceptors (Lipinski definition) is 5. The lowest BCUT2D eigenvalue weighted by atomic mass is 10.2. The minimum absolute atomic E-state index is 0.0567. The summed E-state index contributed by atoms with van der Waals surface area (Å²) in [5, 5.41) is 3.91. The Morgan fingerprint density at radius 1 is 1.09 bits per heavy atom. The molecule has 0 N–H and O–H groups in total. The molecule has 0 unspecified atom stereocenters. The van der Waals surface area contributed by atoms with E-state index in [1.165, 1.54) is 0 Å². The number of esters is 1. The SMILES string of the molecule is COc1ccc(C(=O)OCc2cc(-c3ccccc3)on2)cc1. The van der Waals surface area contributed by atoms with Crippen LogP contribution in [-0.4, -0.2) is 18.2 Å². The second kappa shape index (κ2) is 6.79. The number of hydrogen-bond donors (Lipinski definition) is 0. The molecule has 0 spiro atoms. The third kappa shape index (κ3) is 3.58. The predicted molar refractivity (Wildman–Crippen MR) is 84.1 cm³/mol. The van der Waals surface area contributed by atoms with Gasteiger partial charge in [0, 0.05) is 11.6 Å². The normalized spacial score (nSPS) is 10.3. The molecule has 0 saturated carbocycles. The lowest BCUT2D eigenvalue weighted by Crippen LogP contribution is -2.05. The van der Waals surface area contributed by atoms with Crippen molar-refractivity contribution in [3.8, 4) is 17.1 Å². The summed E-state index contributed by atoms with van der Waals surface area (Å²) >= 11 is 0. The Bertz CT molecular complexity index is 778. The van der Waals surface area contributed by atoms with Gasteiger partial charge in [-0.15, -0.1) is 0 Å². The first kappa shape index (κ1) is 14.8. The van der Waals surface area contributed by atoms with Crippen molar-refractivity contribution in [3.05, 3.63) is 71.9 Å². The lowest BCUT2D eigenvalue weighted by Gasteiger charge is -2.03. The lowest BCUT2D eigenvalue weighted by molar-refractivity contribution is 0.0464. The van der Waals surface area contributed by atoms with E-state index in [4.69, 9.17) is 14.0 Å². The highest BCUT2D eigenvalue weighted by Crippen LogP contribution is 2.20. The van der Waals surface area contributed by atoms with Crippen LogP contribution in [0.1, 0.15) is 16.1 Å². The Kier molecular flexibility index (Phi) is 4.38. The fourth-order valence-corrected chi connectivity index (χ4v) is 2.07. The Balaban J connectivity index is 1.62. The quantitative estimate of drug-likeness (QED) is 0.672. The summed E-state index contributed by atoms with van der Waals surface area (Å²) in [6.45, 7) is 0.0567. The molecule has 0 fully saturated rings. The van der Waals surface area contributed by atoms with Gasteiger partial charge in [-0.3, -0.25) is 0 Å². The molecule has 0 bridgehead atoms. The van der Waals surface area contributed by atoms with Crippen molar-refractivity contribution in [1.29, 1.82) is 0 Å². The van der Waals surface area contributed by atoms with Gasteiger partial charge in [-0.05, 0) is 24.3 Å². The van der Waals surface area contributed by atoms with Gasteiger partial charge < -0.3 is 14.0 Å². The molecule has 0 aliphatic rings. The average Bonchev–Trinajstić information content (AvgIpc) is 3.09. The van der Waals surface area contributed by atoms with E-state index in [1.807, 2.05) is 30.3 Å². The van der Waals surface area contributed by atoms with Crippen LogP contribution >= 0.6 is 0 Å². The van der Waals surface area contributed by atoms with Crippen molar-refractivity contribution < 1.29 is 18.8 Å². The molecule has 0 saturated heterocycles. The number of benzene rings is 2. The zero-order valence-electron chi connectivity index (χ0n) is 12.6. The summed E-state index contributed by atoms with van der Waals surface area (Å²) < 4.78 is 15.5. The molecule has 5 heteroatoms. The van der Waals surface area contributed by atoms with Gasteiger partial charge in [0.2, 0.25) is 0 Å². The molecule has 1 heterocycles. The molecule has 1 aromatic heterocycles. The number of aromatic nitrogens is 1. The Morgan fingerprint density at radius 2 is 1.83 bits per heavy atom. The van der Waals surface area contributed by atoms with Crippen LogP contribution in [0.3, 0.4) is 0 Å². The first-order valence-corrected chi connectivity index (χ1v) is 7.08. The van der Waals surface area contributed by atoms with Crippen molar-refractivity contribution >= 4 is 5.97 Å². The standard InChI is InChI=1S/C18H15NO4/c1-21-16-9-7-14(8-10-16)18(20)22-12-15-11-17(23-19-15)13-5-3-2-4-6-13/h2-11H,12H2,1H3. The summed E-state index contributed by atoms with van der Waals surface area (Å²) in [5.41, 5.74) is 1.94. The van der Waals surface area contributed by atoms with Gasteiger partial charge in [0.05, 0.1) is 12.7 Å². The van der Waals surface area contributed by atoms with Gasteiger partial charge in [-0.25, -0.2) is 4.79 Å². The van der Waals surface area contributed by atoms with Crippen LogP contribution < -0.4 is 4.74 Å². The third-order valence-electron chi connectivity index (χ3n) is 3.29. The smallest absolute Gasteiger partial charge is 0.338 e. The predicted octanol–water partition coefficient (Wildman–Crippen LogP) is 3.71. The zero-order chi connectivity index (χ0) is 16.1. The van der Waals surface area contributed by atoms with Crippen LogP contribution in [0.15, 0.2) is 65.2 Å². The van der Waals surface area contributed by atoms with Gasteiger partial charge >= 0.3 is 5.97 Å². The minimum Gasteiger partial charge on any atom is -0.497 e. The van der Waals surface area contributed by atoms with Crippen LogP contribution in [0.25, 0.3) is 11.3 Å². The maximum atomic E-state index is 12.0. The van der Waals surface area contributed by atoms with Gasteiger partial charge in [-0.2, -0.15) is 0 Å². The number of ether oxygens (including phenoxy) is 2. The molecule has 3 aromatic rings. The maximum absolute atomic E-state index is 12.0. The van der Waals surface area contributed by atoms with Gasteiger partial charge in [0.15, 0.2) is 5.76 Å². The molecular formula is C18H15NO4. The molecule has 23 heavy (non-hydrogen) atoms. The van der Waals surface area contributed by atoms with Crippen LogP contribution in [-0.2, 0) is 11.3 Å². The third-order valence-corrected chi connectivity index (χ3v) is 3.29. The first-order valence-electron chi connectivity index (χ1n) is 7.08. The van der Waals surface area contributed by atoms with Crippen LogP contribution in [0.5, 0.6) is 5.75 Å². The topological polar surface area (TPSA) is 61.6 Å². The van der Waals surface area contributed by atoms with E-state index in [0.717, 1.165) is 5.56 Å². The summed E-state index contributed by atoms with van der Waals surface area (Å²) in [4.78, 5) is 12.0. The van der Waals surface area contributed by atoms with Crippen LogP contribution in [0.2, 0.25) is 0 Å². The number of carbonyl (C=O) groups excluding carboxylic acids is 1. The fourth-order valence-electron chi connectivity index (χ4n) is 2.07. The van der Waals surface area contributed by atoms with Crippen molar-refractivity contribution in [3.63, 3.8) is 0 Å². The van der Waals surface area contributed by atoms with E-state index in [9.17, 15) is 4.79 Å². The molecule has 0 amide bonds. The highest BCUT2D eigenvalue weighted by molar-refractivity contribution is 5.89. The number of carbonyl (C=O) groups is 1. The highest BCUT2D eigenvalue weighted by Gasteiger charge is 2.11. The molecule has 5 nitrogen and oxygen atoms in total. The van der Waals surface area contributed by atoms with Crippen LogP contribution in [0.4, 0.5) is 0 Å². The van der Waals surface area contributed by atoms with Gasteiger partial charge in [0.1, 0.15) is 18.1 Å². The number of rotatable bonds is 5. The summed E-state index contributed by atoms with van der Waals surface area (Å²) in [7, 11) is 1.57. The van der Waals surface area contributed by atoms with Gasteiger partial charge in [0.25, 0.3) is 0 Å². The highest BCUT2D eigenvalue weighted by atomic mass is 16.5. The van der Waals surface area contributed by atoms with Crippen molar-refractivity contribution in [2.45, 2.75) is 6.61 Å². The van der Waals surface area contributed by atoms with E-state index in [0.29, 0.717) is 22.8 Å². The van der Waals surface area contributed by atoms with E-state index in [-0.39, 0.29) is 6.61 Å². The van der Waals surface area contributed by atoms with E-state index in [1.54, 1.807) is 37.4 Å². The Morgan fingerprint density at radius 3 is 2.52 bits per heavy atom. The Labute approximate surface area is 133 Å². The largest absolute Gasteiger partial charge is 0.497 e. The van der Waals surface area contributed by atoms with Crippen molar-refractivity contribution in [1.82, 2.24) is 5.16 Å². The molecule has 3 rings (SSSR count). The second-order valence-electron chi connectivity index (χ2n) is 4.85. The zero-order valence-corrected chi connectivity index (χ0v) is 12.6. The molecular weight excluding hydrogens is 294 g/mol. The second-order valence-corrected chi connectivity index (χ2v) is 4.85. The van der Waals surface area contributed by atoms with E-state index in [2.05, 4.69) is 5.16 Å². The van der Waals surface area contributed by atoms with E-state index >= 15 is 0 Å². The fraction of sp³-hybridized carbons (Fsp3) is 0.111. The molecule has 0 aliphatic carbocycles. The Hall–Kier alpha value is -3.08. The number of methoxy groups -OCH3 is 1. The first-order chi connectivity index (χ1) is 11.3.